The Hall–Kier alpha value is -1.21. The predicted octanol–water partition coefficient (Wildman–Crippen LogP) is 2.33. The van der Waals surface area contributed by atoms with E-state index < -0.39 is 30.8 Å². The lowest BCUT2D eigenvalue weighted by Crippen LogP contribution is -2.43. The van der Waals surface area contributed by atoms with Gasteiger partial charge in [-0.1, -0.05) is 22.0 Å². The van der Waals surface area contributed by atoms with E-state index in [2.05, 4.69) is 26.6 Å². The standard InChI is InChI=1S/C14H17BrF2N2O2/c1-9(21-11-4-2-3-10(15)5-11)7-18-13(20)12-6-14(16,17)8-19-12/h2-5,9,12,19H,6-8H2,1H3,(H,18,20). The minimum absolute atomic E-state index is 0.259. The first kappa shape index (κ1) is 16.2. The number of alkyl halides is 2. The first-order valence-electron chi connectivity index (χ1n) is 6.67. The molecule has 0 saturated carbocycles. The van der Waals surface area contributed by atoms with Crippen molar-refractivity contribution in [3.05, 3.63) is 28.7 Å². The Bertz CT molecular complexity index is 514. The summed E-state index contributed by atoms with van der Waals surface area (Å²) >= 11 is 3.34. The number of carbonyl (C=O) groups excluding carboxylic acids is 1. The van der Waals surface area contributed by atoms with Crippen molar-refractivity contribution in [3.63, 3.8) is 0 Å². The molecule has 4 nitrogen and oxygen atoms in total. The van der Waals surface area contributed by atoms with Gasteiger partial charge in [-0.15, -0.1) is 0 Å². The van der Waals surface area contributed by atoms with Crippen LogP contribution >= 0.6 is 15.9 Å². The molecule has 1 aliphatic rings. The summed E-state index contributed by atoms with van der Waals surface area (Å²) in [6.45, 7) is 1.61. The summed E-state index contributed by atoms with van der Waals surface area (Å²) in [7, 11) is 0. The van der Waals surface area contributed by atoms with Gasteiger partial charge in [0.05, 0.1) is 19.1 Å². The van der Waals surface area contributed by atoms with Crippen LogP contribution in [0.5, 0.6) is 5.75 Å². The maximum absolute atomic E-state index is 13.0. The van der Waals surface area contributed by atoms with Gasteiger partial charge in [0, 0.05) is 10.9 Å². The van der Waals surface area contributed by atoms with Gasteiger partial charge in [0.15, 0.2) is 0 Å². The Morgan fingerprint density at radius 3 is 3.00 bits per heavy atom. The van der Waals surface area contributed by atoms with Crippen molar-refractivity contribution in [2.75, 3.05) is 13.1 Å². The fourth-order valence-electron chi connectivity index (χ4n) is 2.08. The summed E-state index contributed by atoms with van der Waals surface area (Å²) in [6.07, 6.45) is -0.718. The van der Waals surface area contributed by atoms with Gasteiger partial charge in [-0.25, -0.2) is 8.78 Å². The molecule has 1 aromatic rings. The zero-order valence-corrected chi connectivity index (χ0v) is 13.1. The van der Waals surface area contributed by atoms with E-state index in [1.807, 2.05) is 24.3 Å². The lowest BCUT2D eigenvalue weighted by Gasteiger charge is -2.17. The second-order valence-electron chi connectivity index (χ2n) is 5.12. The highest BCUT2D eigenvalue weighted by Gasteiger charge is 2.42. The van der Waals surface area contributed by atoms with Gasteiger partial charge in [0.25, 0.3) is 5.92 Å². The summed E-state index contributed by atoms with van der Waals surface area (Å²) in [5.74, 6) is -2.55. The SMILES string of the molecule is CC(CNC(=O)C1CC(F)(F)CN1)Oc1cccc(Br)c1. The number of ether oxygens (including phenoxy) is 1. The first-order chi connectivity index (χ1) is 9.85. The zero-order chi connectivity index (χ0) is 15.5. The lowest BCUT2D eigenvalue weighted by atomic mass is 10.2. The molecule has 1 aliphatic heterocycles. The molecule has 0 radical (unpaired) electrons. The van der Waals surface area contributed by atoms with Crippen molar-refractivity contribution in [3.8, 4) is 5.75 Å². The van der Waals surface area contributed by atoms with E-state index >= 15 is 0 Å². The molecule has 0 aliphatic carbocycles. The normalized spacial score (nSPS) is 21.8. The molecule has 1 saturated heterocycles. The molecule has 7 heteroatoms. The second kappa shape index (κ2) is 6.70. The number of hydrogen-bond donors (Lipinski definition) is 2. The maximum Gasteiger partial charge on any atom is 0.262 e. The van der Waals surface area contributed by atoms with E-state index in [9.17, 15) is 13.6 Å². The van der Waals surface area contributed by atoms with Crippen LogP contribution in [-0.2, 0) is 4.79 Å². The predicted molar refractivity (Wildman–Crippen MR) is 78.6 cm³/mol. The van der Waals surface area contributed by atoms with Gasteiger partial charge in [0.2, 0.25) is 5.91 Å². The molecule has 1 fully saturated rings. The van der Waals surface area contributed by atoms with Crippen LogP contribution in [0, 0.1) is 0 Å². The van der Waals surface area contributed by atoms with E-state index in [1.165, 1.54) is 0 Å². The number of benzene rings is 1. The van der Waals surface area contributed by atoms with E-state index in [4.69, 9.17) is 4.74 Å². The Labute approximate surface area is 130 Å². The maximum atomic E-state index is 13.0. The molecule has 1 heterocycles. The average molecular weight is 363 g/mol. The van der Waals surface area contributed by atoms with Gasteiger partial charge >= 0.3 is 0 Å². The molecule has 21 heavy (non-hydrogen) atoms. The van der Waals surface area contributed by atoms with Crippen LogP contribution in [0.25, 0.3) is 0 Å². The van der Waals surface area contributed by atoms with Crippen LogP contribution in [-0.4, -0.2) is 37.1 Å². The fourth-order valence-corrected chi connectivity index (χ4v) is 2.46. The third-order valence-electron chi connectivity index (χ3n) is 3.12. The number of carbonyl (C=O) groups is 1. The minimum atomic E-state index is -2.81. The van der Waals surface area contributed by atoms with E-state index in [-0.39, 0.29) is 12.6 Å². The fraction of sp³-hybridized carbons (Fsp3) is 0.500. The largest absolute Gasteiger partial charge is 0.489 e. The molecule has 0 bridgehead atoms. The zero-order valence-electron chi connectivity index (χ0n) is 11.5. The van der Waals surface area contributed by atoms with Crippen LogP contribution in [0.15, 0.2) is 28.7 Å². The molecule has 1 amide bonds. The smallest absolute Gasteiger partial charge is 0.262 e. The molecular formula is C14H17BrF2N2O2. The van der Waals surface area contributed by atoms with Gasteiger partial charge < -0.3 is 10.1 Å². The van der Waals surface area contributed by atoms with Crippen LogP contribution in [0.3, 0.4) is 0 Å². The van der Waals surface area contributed by atoms with Gasteiger partial charge in [0.1, 0.15) is 11.9 Å². The highest BCUT2D eigenvalue weighted by atomic mass is 79.9. The number of amides is 1. The Kier molecular flexibility index (Phi) is 5.16. The molecule has 1 aromatic carbocycles. The Morgan fingerprint density at radius 2 is 2.38 bits per heavy atom. The van der Waals surface area contributed by atoms with Crippen molar-refractivity contribution in [1.82, 2.24) is 10.6 Å². The van der Waals surface area contributed by atoms with Gasteiger partial charge in [-0.2, -0.15) is 0 Å². The van der Waals surface area contributed by atoms with Gasteiger partial charge in [-0.05, 0) is 25.1 Å². The summed E-state index contributed by atoms with van der Waals surface area (Å²) in [4.78, 5) is 11.8. The van der Waals surface area contributed by atoms with Crippen LogP contribution in [0.2, 0.25) is 0 Å². The highest BCUT2D eigenvalue weighted by Crippen LogP contribution is 2.25. The monoisotopic (exact) mass is 362 g/mol. The first-order valence-corrected chi connectivity index (χ1v) is 7.46. The highest BCUT2D eigenvalue weighted by molar-refractivity contribution is 9.10. The summed E-state index contributed by atoms with van der Waals surface area (Å²) in [6, 6.07) is 6.51. The number of halogens is 3. The van der Waals surface area contributed by atoms with Crippen LogP contribution < -0.4 is 15.4 Å². The second-order valence-corrected chi connectivity index (χ2v) is 6.04. The molecule has 0 aromatic heterocycles. The van der Waals surface area contributed by atoms with Crippen molar-refractivity contribution < 1.29 is 18.3 Å². The summed E-state index contributed by atoms with van der Waals surface area (Å²) in [5.41, 5.74) is 0. The number of hydrogen-bond acceptors (Lipinski definition) is 3. The van der Waals surface area contributed by atoms with E-state index in [0.29, 0.717) is 5.75 Å². The molecule has 2 N–H and O–H groups in total. The third kappa shape index (κ3) is 4.93. The van der Waals surface area contributed by atoms with Crippen molar-refractivity contribution in [2.24, 2.45) is 0 Å². The Morgan fingerprint density at radius 1 is 1.62 bits per heavy atom. The molecule has 2 rings (SSSR count). The lowest BCUT2D eigenvalue weighted by molar-refractivity contribution is -0.123. The molecule has 116 valence electrons. The quantitative estimate of drug-likeness (QED) is 0.845. The molecular weight excluding hydrogens is 346 g/mol. The minimum Gasteiger partial charge on any atom is -0.489 e. The molecule has 0 spiro atoms. The van der Waals surface area contributed by atoms with Crippen LogP contribution in [0.4, 0.5) is 8.78 Å². The Balaban J connectivity index is 1.76. The number of nitrogens with one attached hydrogen (secondary N) is 2. The van der Waals surface area contributed by atoms with Crippen LogP contribution in [0.1, 0.15) is 13.3 Å². The molecule has 2 atom stereocenters. The molecule has 2 unspecified atom stereocenters. The topological polar surface area (TPSA) is 50.4 Å². The van der Waals surface area contributed by atoms with Gasteiger partial charge in [-0.3, -0.25) is 10.1 Å². The van der Waals surface area contributed by atoms with Crippen molar-refractivity contribution in [2.45, 2.75) is 31.4 Å². The summed E-state index contributed by atoms with van der Waals surface area (Å²) < 4.78 is 32.5. The van der Waals surface area contributed by atoms with Crippen molar-refractivity contribution >= 4 is 21.8 Å². The average Bonchev–Trinajstić information content (AvgIpc) is 2.76. The third-order valence-corrected chi connectivity index (χ3v) is 3.62. The van der Waals surface area contributed by atoms with E-state index in [0.717, 1.165) is 4.47 Å². The number of rotatable bonds is 5. The van der Waals surface area contributed by atoms with Crippen molar-refractivity contribution in [1.29, 1.82) is 0 Å². The van der Waals surface area contributed by atoms with E-state index in [1.54, 1.807) is 6.92 Å². The summed E-state index contributed by atoms with van der Waals surface area (Å²) in [5, 5.41) is 5.14.